The molecule has 24 heavy (non-hydrogen) atoms. The smallest absolute Gasteiger partial charge is 0.251 e. The van der Waals surface area contributed by atoms with E-state index >= 15 is 0 Å². The second kappa shape index (κ2) is 5.61. The van der Waals surface area contributed by atoms with Crippen molar-refractivity contribution in [3.05, 3.63) is 29.3 Å². The summed E-state index contributed by atoms with van der Waals surface area (Å²) < 4.78 is 0. The zero-order valence-corrected chi connectivity index (χ0v) is 14.1. The number of rotatable bonds is 4. The van der Waals surface area contributed by atoms with Crippen LogP contribution in [0.15, 0.2) is 18.2 Å². The van der Waals surface area contributed by atoms with Crippen molar-refractivity contribution in [1.29, 1.82) is 0 Å². The molecular formula is C18H23N3O3. The van der Waals surface area contributed by atoms with Crippen LogP contribution in [-0.4, -0.2) is 24.3 Å². The summed E-state index contributed by atoms with van der Waals surface area (Å²) in [6, 6.07) is 5.20. The maximum absolute atomic E-state index is 12.4. The molecule has 1 saturated carbocycles. The highest BCUT2D eigenvalue weighted by molar-refractivity contribution is 6.07. The van der Waals surface area contributed by atoms with Crippen LogP contribution in [0.1, 0.15) is 55.5 Å². The minimum atomic E-state index is -0.622. The Bertz CT molecular complexity index is 718. The fourth-order valence-electron chi connectivity index (χ4n) is 3.65. The summed E-state index contributed by atoms with van der Waals surface area (Å²) in [5.41, 5.74) is 6.34. The first-order chi connectivity index (χ1) is 11.3. The summed E-state index contributed by atoms with van der Waals surface area (Å²) in [5, 5.41) is 5.65. The summed E-state index contributed by atoms with van der Waals surface area (Å²) in [6.07, 6.45) is 3.35. The highest BCUT2D eigenvalue weighted by atomic mass is 16.2. The van der Waals surface area contributed by atoms with E-state index in [-0.39, 0.29) is 24.3 Å². The molecule has 0 spiro atoms. The normalized spacial score (nSPS) is 20.3. The molecule has 0 radical (unpaired) electrons. The number of hydrogen-bond acceptors (Lipinski definition) is 3. The molecule has 4 N–H and O–H groups in total. The van der Waals surface area contributed by atoms with Crippen LogP contribution in [0, 0.1) is 5.41 Å². The van der Waals surface area contributed by atoms with Gasteiger partial charge < -0.3 is 16.4 Å². The van der Waals surface area contributed by atoms with Crippen molar-refractivity contribution in [2.24, 2.45) is 11.1 Å². The Kier molecular flexibility index (Phi) is 3.86. The van der Waals surface area contributed by atoms with Crippen molar-refractivity contribution in [2.75, 3.05) is 11.9 Å². The predicted octanol–water partition coefficient (Wildman–Crippen LogP) is 1.69. The molecule has 1 heterocycles. The lowest BCUT2D eigenvalue weighted by Gasteiger charge is -2.25. The third kappa shape index (κ3) is 2.56. The van der Waals surface area contributed by atoms with Gasteiger partial charge in [-0.15, -0.1) is 0 Å². The average Bonchev–Trinajstić information content (AvgIpc) is 3.10. The molecule has 1 aliphatic heterocycles. The average molecular weight is 329 g/mol. The molecule has 1 aliphatic carbocycles. The van der Waals surface area contributed by atoms with Gasteiger partial charge in [0.05, 0.1) is 10.8 Å². The van der Waals surface area contributed by atoms with Gasteiger partial charge in [-0.3, -0.25) is 14.4 Å². The van der Waals surface area contributed by atoms with Crippen molar-refractivity contribution in [2.45, 2.75) is 44.9 Å². The van der Waals surface area contributed by atoms with Crippen molar-refractivity contribution in [1.82, 2.24) is 5.32 Å². The maximum Gasteiger partial charge on any atom is 0.251 e. The molecule has 6 nitrogen and oxygen atoms in total. The number of carbonyl (C=O) groups is 3. The fraction of sp³-hybridized carbons (Fsp3) is 0.500. The quantitative estimate of drug-likeness (QED) is 0.783. The van der Waals surface area contributed by atoms with Gasteiger partial charge in [0.15, 0.2) is 0 Å². The summed E-state index contributed by atoms with van der Waals surface area (Å²) in [6.45, 7) is 3.96. The lowest BCUT2D eigenvalue weighted by molar-refractivity contribution is -0.127. The molecular weight excluding hydrogens is 306 g/mol. The standard InChI is InChI=1S/C18H23N3O3/c1-17(2)12-6-5-11(9-13(12)21-16(17)24)14(22)20-10-18(15(19)23)7-3-4-8-18/h5-6,9H,3-4,7-8,10H2,1-2H3,(H2,19,23)(H,20,22)(H,21,24). The molecule has 1 aromatic carbocycles. The Balaban J connectivity index is 1.74. The van der Waals surface area contributed by atoms with E-state index in [2.05, 4.69) is 10.6 Å². The zero-order valence-electron chi connectivity index (χ0n) is 14.1. The van der Waals surface area contributed by atoms with E-state index in [0.29, 0.717) is 11.3 Å². The van der Waals surface area contributed by atoms with Gasteiger partial charge in [0, 0.05) is 17.8 Å². The van der Waals surface area contributed by atoms with Crippen molar-refractivity contribution < 1.29 is 14.4 Å². The summed E-state index contributed by atoms with van der Waals surface area (Å²) in [5.74, 6) is -0.679. The number of carbonyl (C=O) groups excluding carboxylic acids is 3. The van der Waals surface area contributed by atoms with E-state index in [0.717, 1.165) is 31.2 Å². The number of nitrogens with two attached hydrogens (primary N) is 1. The van der Waals surface area contributed by atoms with E-state index < -0.39 is 10.8 Å². The van der Waals surface area contributed by atoms with Crippen molar-refractivity contribution in [3.63, 3.8) is 0 Å². The third-order valence-electron chi connectivity index (χ3n) is 5.44. The van der Waals surface area contributed by atoms with E-state index in [1.165, 1.54) is 0 Å². The zero-order chi connectivity index (χ0) is 17.5. The lowest BCUT2D eigenvalue weighted by atomic mass is 9.85. The number of fused-ring (bicyclic) bond motifs is 1. The van der Waals surface area contributed by atoms with Crippen LogP contribution in [0.5, 0.6) is 0 Å². The molecule has 0 saturated heterocycles. The van der Waals surface area contributed by atoms with Crippen LogP contribution in [0.4, 0.5) is 5.69 Å². The largest absolute Gasteiger partial charge is 0.369 e. The van der Waals surface area contributed by atoms with Gasteiger partial charge in [0.25, 0.3) is 5.91 Å². The molecule has 0 aromatic heterocycles. The molecule has 3 rings (SSSR count). The third-order valence-corrected chi connectivity index (χ3v) is 5.44. The van der Waals surface area contributed by atoms with Gasteiger partial charge in [-0.05, 0) is 44.4 Å². The van der Waals surface area contributed by atoms with Gasteiger partial charge in [-0.2, -0.15) is 0 Å². The highest BCUT2D eigenvalue weighted by Gasteiger charge is 2.40. The Morgan fingerprint density at radius 1 is 1.25 bits per heavy atom. The van der Waals surface area contributed by atoms with Gasteiger partial charge in [0.1, 0.15) is 0 Å². The first kappa shape index (κ1) is 16.5. The Labute approximate surface area is 141 Å². The molecule has 2 aliphatic rings. The Morgan fingerprint density at radius 2 is 1.92 bits per heavy atom. The molecule has 0 atom stereocenters. The number of nitrogens with one attached hydrogen (secondary N) is 2. The summed E-state index contributed by atoms with van der Waals surface area (Å²) in [4.78, 5) is 36.2. The lowest BCUT2D eigenvalue weighted by Crippen LogP contribution is -2.44. The second-order valence-electron chi connectivity index (χ2n) is 7.37. The van der Waals surface area contributed by atoms with E-state index in [1.54, 1.807) is 12.1 Å². The first-order valence-electron chi connectivity index (χ1n) is 8.30. The summed E-state index contributed by atoms with van der Waals surface area (Å²) >= 11 is 0. The van der Waals surface area contributed by atoms with Gasteiger partial charge in [-0.1, -0.05) is 18.9 Å². The molecule has 0 bridgehead atoms. The topological polar surface area (TPSA) is 101 Å². The van der Waals surface area contributed by atoms with Crippen LogP contribution in [-0.2, 0) is 15.0 Å². The molecule has 1 fully saturated rings. The van der Waals surface area contributed by atoms with E-state index in [9.17, 15) is 14.4 Å². The number of primary amides is 1. The monoisotopic (exact) mass is 329 g/mol. The highest BCUT2D eigenvalue weighted by Crippen LogP contribution is 2.38. The Morgan fingerprint density at radius 3 is 2.54 bits per heavy atom. The van der Waals surface area contributed by atoms with Crippen LogP contribution in [0.3, 0.4) is 0 Å². The van der Waals surface area contributed by atoms with E-state index in [1.807, 2.05) is 19.9 Å². The number of anilines is 1. The van der Waals surface area contributed by atoms with Crippen molar-refractivity contribution >= 4 is 23.4 Å². The number of amides is 3. The number of hydrogen-bond donors (Lipinski definition) is 3. The second-order valence-corrected chi connectivity index (χ2v) is 7.37. The maximum atomic E-state index is 12.4. The van der Waals surface area contributed by atoms with Crippen LogP contribution in [0.2, 0.25) is 0 Å². The SMILES string of the molecule is CC1(C)C(=O)Nc2cc(C(=O)NCC3(C(N)=O)CCCC3)ccc21. The van der Waals surface area contributed by atoms with Crippen LogP contribution < -0.4 is 16.4 Å². The minimum Gasteiger partial charge on any atom is -0.369 e. The van der Waals surface area contributed by atoms with Gasteiger partial charge in [-0.25, -0.2) is 0 Å². The molecule has 0 unspecified atom stereocenters. The van der Waals surface area contributed by atoms with Gasteiger partial charge >= 0.3 is 0 Å². The van der Waals surface area contributed by atoms with Crippen molar-refractivity contribution in [3.8, 4) is 0 Å². The fourth-order valence-corrected chi connectivity index (χ4v) is 3.65. The minimum absolute atomic E-state index is 0.0753. The number of benzene rings is 1. The Hall–Kier alpha value is -2.37. The van der Waals surface area contributed by atoms with Gasteiger partial charge in [0.2, 0.25) is 11.8 Å². The first-order valence-corrected chi connectivity index (χ1v) is 8.30. The molecule has 128 valence electrons. The van der Waals surface area contributed by atoms with E-state index in [4.69, 9.17) is 5.73 Å². The molecule has 3 amide bonds. The molecule has 6 heteroatoms. The molecule has 1 aromatic rings. The van der Waals surface area contributed by atoms with Crippen LogP contribution >= 0.6 is 0 Å². The predicted molar refractivity (Wildman–Crippen MR) is 90.5 cm³/mol. The van der Waals surface area contributed by atoms with Crippen LogP contribution in [0.25, 0.3) is 0 Å². The summed E-state index contributed by atoms with van der Waals surface area (Å²) in [7, 11) is 0.